The standard InChI is InChI=1S/C10H6ClFNO/c11-4-1-5-14-10-3-2-9(12)6-8(10)7-13/h1,3-4,6H,5H2. The number of ether oxygens (including phenoxy) is 1. The van der Waals surface area contributed by atoms with Crippen LogP contribution in [0, 0.1) is 23.2 Å². The van der Waals surface area contributed by atoms with Crippen LogP contribution in [0.15, 0.2) is 23.7 Å². The number of hydrogen-bond acceptors (Lipinski definition) is 2. The van der Waals surface area contributed by atoms with Crippen LogP contribution in [0.5, 0.6) is 5.75 Å². The van der Waals surface area contributed by atoms with E-state index in [0.29, 0.717) is 5.75 Å². The average molecular weight is 211 g/mol. The summed E-state index contributed by atoms with van der Waals surface area (Å²) in [5, 5.41) is 8.64. The van der Waals surface area contributed by atoms with Crippen molar-refractivity contribution in [2.24, 2.45) is 0 Å². The number of nitriles is 1. The Hall–Kier alpha value is -1.53. The van der Waals surface area contributed by atoms with Crippen LogP contribution in [0.4, 0.5) is 4.39 Å². The number of nitrogens with zero attached hydrogens (tertiary/aromatic N) is 1. The molecule has 0 aliphatic heterocycles. The third-order valence-corrected chi connectivity index (χ3v) is 1.60. The Labute approximate surface area is 86.2 Å². The molecule has 2 nitrogen and oxygen atoms in total. The second-order valence-electron chi connectivity index (χ2n) is 2.34. The van der Waals surface area contributed by atoms with E-state index in [1.54, 1.807) is 6.08 Å². The highest BCUT2D eigenvalue weighted by Gasteiger charge is 2.03. The molecule has 0 saturated heterocycles. The molecule has 0 aromatic heterocycles. The Bertz CT molecular complexity index is 384. The molecule has 0 amide bonds. The van der Waals surface area contributed by atoms with Crippen LogP contribution >= 0.6 is 11.6 Å². The van der Waals surface area contributed by atoms with E-state index in [4.69, 9.17) is 21.6 Å². The van der Waals surface area contributed by atoms with E-state index >= 15 is 0 Å². The highest BCUT2D eigenvalue weighted by molar-refractivity contribution is 6.25. The largest absolute Gasteiger partial charge is 0.488 e. The van der Waals surface area contributed by atoms with Crippen LogP contribution in [-0.2, 0) is 0 Å². The van der Waals surface area contributed by atoms with Gasteiger partial charge in [0.15, 0.2) is 0 Å². The fourth-order valence-corrected chi connectivity index (χ4v) is 0.906. The van der Waals surface area contributed by atoms with Gasteiger partial charge in [-0.1, -0.05) is 11.6 Å². The molecule has 1 radical (unpaired) electrons. The van der Waals surface area contributed by atoms with E-state index in [-0.39, 0.29) is 12.2 Å². The minimum absolute atomic E-state index is 0.143. The molecule has 0 spiro atoms. The van der Waals surface area contributed by atoms with Gasteiger partial charge in [0, 0.05) is 11.6 Å². The first-order valence-corrected chi connectivity index (χ1v) is 4.21. The second kappa shape index (κ2) is 5.25. The number of halogens is 2. The smallest absolute Gasteiger partial charge is 0.138 e. The molecule has 0 heterocycles. The van der Waals surface area contributed by atoms with Crippen LogP contribution in [0.3, 0.4) is 0 Å². The maximum atomic E-state index is 12.6. The molecule has 14 heavy (non-hydrogen) atoms. The van der Waals surface area contributed by atoms with Gasteiger partial charge in [0.25, 0.3) is 0 Å². The summed E-state index contributed by atoms with van der Waals surface area (Å²) in [4.78, 5) is 0. The Morgan fingerprint density at radius 2 is 2.50 bits per heavy atom. The highest BCUT2D eigenvalue weighted by atomic mass is 35.5. The first-order valence-electron chi connectivity index (χ1n) is 3.77. The first-order chi connectivity index (χ1) is 6.77. The van der Waals surface area contributed by atoms with E-state index in [2.05, 4.69) is 6.07 Å². The molecule has 1 aromatic rings. The summed E-state index contributed by atoms with van der Waals surface area (Å²) < 4.78 is 17.8. The highest BCUT2D eigenvalue weighted by Crippen LogP contribution is 2.17. The number of benzene rings is 1. The zero-order valence-electron chi connectivity index (χ0n) is 7.13. The summed E-state index contributed by atoms with van der Waals surface area (Å²) in [6.45, 7) is 0.234. The van der Waals surface area contributed by atoms with Crippen LogP contribution in [-0.4, -0.2) is 6.61 Å². The predicted octanol–water partition coefficient (Wildman–Crippen LogP) is 2.63. The van der Waals surface area contributed by atoms with Gasteiger partial charge in [-0.25, -0.2) is 4.39 Å². The molecule has 0 unspecified atom stereocenters. The number of hydrogen-bond donors (Lipinski definition) is 0. The van der Waals surface area contributed by atoms with E-state index in [1.165, 1.54) is 11.6 Å². The van der Waals surface area contributed by atoms with Crippen molar-refractivity contribution in [1.29, 1.82) is 5.26 Å². The maximum absolute atomic E-state index is 12.6. The van der Waals surface area contributed by atoms with Gasteiger partial charge in [-0.15, -0.1) is 0 Å². The van der Waals surface area contributed by atoms with E-state index in [1.807, 2.05) is 6.07 Å². The summed E-state index contributed by atoms with van der Waals surface area (Å²) >= 11 is 5.27. The van der Waals surface area contributed by atoms with Crippen molar-refractivity contribution >= 4 is 11.6 Å². The third-order valence-electron chi connectivity index (χ3n) is 1.42. The molecule has 71 valence electrons. The van der Waals surface area contributed by atoms with Gasteiger partial charge in [-0.2, -0.15) is 5.26 Å². The summed E-state index contributed by atoms with van der Waals surface area (Å²) in [6.07, 6.45) is 1.56. The Morgan fingerprint density at radius 3 is 3.14 bits per heavy atom. The minimum Gasteiger partial charge on any atom is -0.488 e. The summed E-state index contributed by atoms with van der Waals surface area (Å²) in [6, 6.07) is 6.48. The summed E-state index contributed by atoms with van der Waals surface area (Å²) in [7, 11) is 0. The van der Waals surface area contributed by atoms with Crippen molar-refractivity contribution in [3.05, 3.63) is 41.2 Å². The molecule has 0 bridgehead atoms. The second-order valence-corrected chi connectivity index (χ2v) is 2.60. The molecular weight excluding hydrogens is 205 g/mol. The summed E-state index contributed by atoms with van der Waals surface area (Å²) in [5.41, 5.74) is 1.45. The van der Waals surface area contributed by atoms with Gasteiger partial charge in [0.05, 0.1) is 5.56 Å². The molecule has 0 aliphatic rings. The van der Waals surface area contributed by atoms with Gasteiger partial charge in [0.1, 0.15) is 24.2 Å². The molecule has 0 aliphatic carbocycles. The van der Waals surface area contributed by atoms with E-state index < -0.39 is 5.82 Å². The van der Waals surface area contributed by atoms with Crippen molar-refractivity contribution in [2.75, 3.05) is 6.61 Å². The third kappa shape index (κ3) is 2.75. The van der Waals surface area contributed by atoms with Crippen molar-refractivity contribution in [2.45, 2.75) is 0 Å². The molecule has 4 heteroatoms. The van der Waals surface area contributed by atoms with Gasteiger partial charge in [-0.05, 0) is 18.2 Å². The quantitative estimate of drug-likeness (QED) is 0.768. The van der Waals surface area contributed by atoms with Crippen molar-refractivity contribution in [3.8, 4) is 11.8 Å². The van der Waals surface area contributed by atoms with Gasteiger partial charge >= 0.3 is 0 Å². The lowest BCUT2D eigenvalue weighted by Gasteiger charge is -2.04. The zero-order valence-corrected chi connectivity index (χ0v) is 7.88. The lowest BCUT2D eigenvalue weighted by Crippen LogP contribution is -1.96. The molecule has 1 aromatic carbocycles. The Balaban J connectivity index is 2.81. The molecular formula is C10H6ClFNO. The molecule has 0 N–H and O–H groups in total. The Morgan fingerprint density at radius 1 is 1.71 bits per heavy atom. The van der Waals surface area contributed by atoms with Crippen molar-refractivity contribution in [1.82, 2.24) is 0 Å². The monoisotopic (exact) mass is 210 g/mol. The molecule has 0 saturated carbocycles. The topological polar surface area (TPSA) is 33.0 Å². The van der Waals surface area contributed by atoms with Crippen LogP contribution in [0.25, 0.3) is 0 Å². The van der Waals surface area contributed by atoms with Crippen LogP contribution in [0.2, 0.25) is 0 Å². The zero-order chi connectivity index (χ0) is 10.4. The lowest BCUT2D eigenvalue weighted by molar-refractivity contribution is 0.361. The SMILES string of the molecule is N#Cc1cc(F)[c]cc1OCC=CCl. The average Bonchev–Trinajstić information content (AvgIpc) is 2.20. The molecule has 1 rings (SSSR count). The van der Waals surface area contributed by atoms with Crippen molar-refractivity contribution in [3.63, 3.8) is 0 Å². The lowest BCUT2D eigenvalue weighted by atomic mass is 10.2. The van der Waals surface area contributed by atoms with Gasteiger partial charge in [-0.3, -0.25) is 0 Å². The molecule has 0 atom stereocenters. The van der Waals surface area contributed by atoms with Crippen LogP contribution < -0.4 is 4.74 Å². The van der Waals surface area contributed by atoms with Gasteiger partial charge in [0.2, 0.25) is 0 Å². The van der Waals surface area contributed by atoms with Crippen molar-refractivity contribution < 1.29 is 9.13 Å². The van der Waals surface area contributed by atoms with E-state index in [0.717, 1.165) is 6.07 Å². The maximum Gasteiger partial charge on any atom is 0.138 e. The predicted molar refractivity (Wildman–Crippen MR) is 50.4 cm³/mol. The number of rotatable bonds is 3. The normalized spacial score (nSPS) is 10.1. The fourth-order valence-electron chi connectivity index (χ4n) is 0.833. The molecule has 0 fully saturated rings. The Kier molecular flexibility index (Phi) is 3.96. The van der Waals surface area contributed by atoms with E-state index in [9.17, 15) is 4.39 Å². The van der Waals surface area contributed by atoms with Gasteiger partial charge < -0.3 is 4.74 Å². The minimum atomic E-state index is -0.582. The summed E-state index contributed by atoms with van der Waals surface area (Å²) in [5.74, 6) is -0.287. The fraction of sp³-hybridized carbons (Fsp3) is 0.100. The van der Waals surface area contributed by atoms with Crippen LogP contribution in [0.1, 0.15) is 5.56 Å². The first kappa shape index (κ1) is 10.6.